The van der Waals surface area contributed by atoms with Crippen molar-refractivity contribution in [3.05, 3.63) is 0 Å². The highest BCUT2D eigenvalue weighted by atomic mass is 31.2. The van der Waals surface area contributed by atoms with E-state index in [9.17, 15) is 5.11 Å². The summed E-state index contributed by atoms with van der Waals surface area (Å²) in [5, 5.41) is 11.1. The lowest BCUT2D eigenvalue weighted by atomic mass is 10.1. The molecule has 0 fully saturated rings. The lowest BCUT2D eigenvalue weighted by molar-refractivity contribution is 0.248. The lowest BCUT2D eigenvalue weighted by Gasteiger charge is -2.32. The van der Waals surface area contributed by atoms with Crippen LogP contribution in [-0.2, 0) is 0 Å². The molecule has 0 aliphatic rings. The molecule has 0 amide bonds. The summed E-state index contributed by atoms with van der Waals surface area (Å²) in [5.41, 5.74) is 0. The lowest BCUT2D eigenvalue weighted by Crippen LogP contribution is -2.22. The van der Waals surface area contributed by atoms with Crippen LogP contribution in [0.4, 0.5) is 0 Å². The van der Waals surface area contributed by atoms with E-state index in [1.165, 1.54) is 134 Å². The van der Waals surface area contributed by atoms with Crippen molar-refractivity contribution in [3.63, 3.8) is 0 Å². The molecule has 1 unspecified atom stereocenters. The summed E-state index contributed by atoms with van der Waals surface area (Å²) in [6, 6.07) is 0. The van der Waals surface area contributed by atoms with Crippen molar-refractivity contribution in [2.24, 2.45) is 0 Å². The molecule has 0 spiro atoms. The molecule has 1 nitrogen and oxygen atoms in total. The SMILES string of the molecule is CCCCCCCC[P+](CCCCCCCC)(CCCCCCCC)C(O)CC. The average molecular weight is 430 g/mol. The fourth-order valence-corrected chi connectivity index (χ4v) is 9.69. The standard InChI is InChI=1S/C27H58OP/c1-5-9-12-15-18-21-24-29(27(28)8-4,25-22-19-16-13-10-6-2)26-23-20-17-14-11-7-3/h27-28H,5-26H2,1-4H3/q+1. The van der Waals surface area contributed by atoms with Gasteiger partial charge in [0.2, 0.25) is 0 Å². The fourth-order valence-electron chi connectivity index (χ4n) is 4.79. The van der Waals surface area contributed by atoms with Gasteiger partial charge in [0.15, 0.2) is 5.85 Å². The Bertz CT molecular complexity index is 277. The first kappa shape index (κ1) is 29.4. The van der Waals surface area contributed by atoms with E-state index in [-0.39, 0.29) is 5.85 Å². The van der Waals surface area contributed by atoms with Crippen molar-refractivity contribution in [1.82, 2.24) is 0 Å². The minimum absolute atomic E-state index is 0.0180. The molecule has 0 aromatic carbocycles. The molecule has 1 atom stereocenters. The third-order valence-corrected chi connectivity index (χ3v) is 12.1. The Morgan fingerprint density at radius 3 is 1.00 bits per heavy atom. The number of rotatable bonds is 23. The van der Waals surface area contributed by atoms with Crippen molar-refractivity contribution in [2.75, 3.05) is 18.5 Å². The van der Waals surface area contributed by atoms with E-state index in [0.29, 0.717) is 0 Å². The van der Waals surface area contributed by atoms with E-state index < -0.39 is 7.26 Å². The van der Waals surface area contributed by atoms with E-state index in [1.54, 1.807) is 0 Å². The predicted molar refractivity (Wildman–Crippen MR) is 138 cm³/mol. The number of hydrogen-bond donors (Lipinski definition) is 1. The maximum Gasteiger partial charge on any atom is 0.163 e. The minimum atomic E-state index is -1.20. The van der Waals surface area contributed by atoms with E-state index in [1.807, 2.05) is 0 Å². The van der Waals surface area contributed by atoms with Gasteiger partial charge >= 0.3 is 0 Å². The maximum absolute atomic E-state index is 11.1. The first-order valence-corrected chi connectivity index (χ1v) is 16.1. The van der Waals surface area contributed by atoms with Gasteiger partial charge in [0, 0.05) is 13.7 Å². The molecule has 176 valence electrons. The van der Waals surface area contributed by atoms with Crippen LogP contribution >= 0.6 is 7.26 Å². The molecular weight excluding hydrogens is 371 g/mol. The van der Waals surface area contributed by atoms with Crippen molar-refractivity contribution >= 4 is 7.26 Å². The van der Waals surface area contributed by atoms with Gasteiger partial charge in [0.25, 0.3) is 0 Å². The highest BCUT2D eigenvalue weighted by Gasteiger charge is 2.42. The van der Waals surface area contributed by atoms with Gasteiger partial charge in [-0.2, -0.15) is 0 Å². The third-order valence-electron chi connectivity index (χ3n) is 6.87. The van der Waals surface area contributed by atoms with Crippen LogP contribution in [0, 0.1) is 0 Å². The first-order valence-electron chi connectivity index (χ1n) is 13.7. The Balaban J connectivity index is 4.62. The Hall–Kier alpha value is 0.390. The summed E-state index contributed by atoms with van der Waals surface area (Å²) in [6.45, 7) is 9.13. The van der Waals surface area contributed by atoms with Crippen LogP contribution in [0.1, 0.15) is 150 Å². The monoisotopic (exact) mass is 429 g/mol. The van der Waals surface area contributed by atoms with Crippen molar-refractivity contribution in [2.45, 2.75) is 156 Å². The van der Waals surface area contributed by atoms with Gasteiger partial charge in [0.1, 0.15) is 0 Å². The summed E-state index contributed by atoms with van der Waals surface area (Å²) < 4.78 is 0. The molecule has 0 saturated heterocycles. The maximum atomic E-state index is 11.1. The van der Waals surface area contributed by atoms with Crippen LogP contribution in [-0.4, -0.2) is 29.4 Å². The molecule has 0 aliphatic heterocycles. The van der Waals surface area contributed by atoms with Gasteiger partial charge in [0.05, 0.1) is 18.5 Å². The topological polar surface area (TPSA) is 20.2 Å². The highest BCUT2D eigenvalue weighted by Crippen LogP contribution is 2.64. The van der Waals surface area contributed by atoms with Crippen LogP contribution in [0.5, 0.6) is 0 Å². The Morgan fingerprint density at radius 2 is 0.724 bits per heavy atom. The van der Waals surface area contributed by atoms with Crippen molar-refractivity contribution in [1.29, 1.82) is 0 Å². The zero-order valence-electron chi connectivity index (χ0n) is 21.0. The van der Waals surface area contributed by atoms with Crippen molar-refractivity contribution in [3.8, 4) is 0 Å². The quantitative estimate of drug-likeness (QED) is 0.126. The van der Waals surface area contributed by atoms with Crippen LogP contribution < -0.4 is 0 Å². The number of unbranched alkanes of at least 4 members (excludes halogenated alkanes) is 15. The van der Waals surface area contributed by atoms with E-state index in [2.05, 4.69) is 27.7 Å². The van der Waals surface area contributed by atoms with Crippen LogP contribution in [0.2, 0.25) is 0 Å². The molecule has 29 heavy (non-hydrogen) atoms. The average Bonchev–Trinajstić information content (AvgIpc) is 2.74. The second kappa shape index (κ2) is 21.6. The summed E-state index contributed by atoms with van der Waals surface area (Å²) in [4.78, 5) is 0. The third kappa shape index (κ3) is 15.8. The number of aliphatic hydroxyl groups is 1. The Morgan fingerprint density at radius 1 is 0.448 bits per heavy atom. The Kier molecular flexibility index (Phi) is 21.9. The summed E-state index contributed by atoms with van der Waals surface area (Å²) >= 11 is 0. The Labute approximate surface area is 186 Å². The molecule has 0 bridgehead atoms. The summed E-state index contributed by atoms with van der Waals surface area (Å²) in [5.74, 6) is 0.0180. The minimum Gasteiger partial charge on any atom is -0.359 e. The molecule has 0 heterocycles. The summed E-state index contributed by atoms with van der Waals surface area (Å²) in [7, 11) is -1.20. The molecule has 2 heteroatoms. The van der Waals surface area contributed by atoms with Crippen molar-refractivity contribution < 1.29 is 5.11 Å². The molecule has 0 aromatic heterocycles. The number of aliphatic hydroxyl groups excluding tert-OH is 1. The molecule has 0 rings (SSSR count). The molecule has 0 radical (unpaired) electrons. The molecular formula is C27H58OP+. The highest BCUT2D eigenvalue weighted by molar-refractivity contribution is 7.76. The van der Waals surface area contributed by atoms with E-state index >= 15 is 0 Å². The fraction of sp³-hybridized carbons (Fsp3) is 1.00. The van der Waals surface area contributed by atoms with Crippen LogP contribution in [0.25, 0.3) is 0 Å². The van der Waals surface area contributed by atoms with Crippen LogP contribution in [0.3, 0.4) is 0 Å². The predicted octanol–water partition coefficient (Wildman–Crippen LogP) is 9.81. The second-order valence-electron chi connectivity index (χ2n) is 9.58. The zero-order chi connectivity index (χ0) is 21.6. The van der Waals surface area contributed by atoms with Crippen LogP contribution in [0.15, 0.2) is 0 Å². The van der Waals surface area contributed by atoms with Gasteiger partial charge in [-0.05, 0) is 38.5 Å². The summed E-state index contributed by atoms with van der Waals surface area (Å²) in [6.07, 6.45) is 30.1. The van der Waals surface area contributed by atoms with Gasteiger partial charge in [-0.25, -0.2) is 0 Å². The molecule has 0 aliphatic carbocycles. The largest absolute Gasteiger partial charge is 0.359 e. The zero-order valence-corrected chi connectivity index (χ0v) is 21.9. The molecule has 1 N–H and O–H groups in total. The van der Waals surface area contributed by atoms with Gasteiger partial charge in [-0.15, -0.1) is 0 Å². The first-order chi connectivity index (χ1) is 14.2. The smallest absolute Gasteiger partial charge is 0.163 e. The molecule has 0 aromatic rings. The van der Waals surface area contributed by atoms with E-state index in [0.717, 1.165) is 6.42 Å². The normalized spacial score (nSPS) is 13.1. The van der Waals surface area contributed by atoms with Gasteiger partial charge in [-0.3, -0.25) is 0 Å². The van der Waals surface area contributed by atoms with E-state index in [4.69, 9.17) is 0 Å². The van der Waals surface area contributed by atoms with Gasteiger partial charge < -0.3 is 5.11 Å². The second-order valence-corrected chi connectivity index (χ2v) is 14.0. The molecule has 0 saturated carbocycles. The van der Waals surface area contributed by atoms with Gasteiger partial charge in [-0.1, -0.05) is 105 Å². The number of hydrogen-bond acceptors (Lipinski definition) is 1.